The van der Waals surface area contributed by atoms with Crippen molar-refractivity contribution in [1.29, 1.82) is 0 Å². The van der Waals surface area contributed by atoms with Crippen LogP contribution in [-0.4, -0.2) is 35.6 Å². The van der Waals surface area contributed by atoms with Crippen LogP contribution in [0.1, 0.15) is 40.0 Å². The lowest BCUT2D eigenvalue weighted by molar-refractivity contribution is -0.213. The van der Waals surface area contributed by atoms with Crippen molar-refractivity contribution in [1.82, 2.24) is 5.06 Å². The molecule has 6 nitrogen and oxygen atoms in total. The van der Waals surface area contributed by atoms with Crippen molar-refractivity contribution in [3.05, 3.63) is 35.4 Å². The predicted molar refractivity (Wildman–Crippen MR) is 69.1 cm³/mol. The molecule has 1 aromatic rings. The molecule has 1 aliphatic carbocycles. The number of fused-ring (bicyclic) bond motifs is 3. The molecule has 0 radical (unpaired) electrons. The molecule has 2 amide bonds. The summed E-state index contributed by atoms with van der Waals surface area (Å²) in [6.07, 6.45) is 1.89. The topological polar surface area (TPSA) is 72.9 Å². The zero-order chi connectivity index (χ0) is 14.6. The lowest BCUT2D eigenvalue weighted by Crippen LogP contribution is -2.55. The van der Waals surface area contributed by atoms with Crippen molar-refractivity contribution in [2.45, 2.75) is 25.4 Å². The molecule has 3 fully saturated rings. The summed E-state index contributed by atoms with van der Waals surface area (Å²) in [6.45, 7) is 0.516. The third-order valence-corrected chi connectivity index (χ3v) is 4.53. The van der Waals surface area contributed by atoms with Crippen LogP contribution in [0.5, 0.6) is 0 Å². The van der Waals surface area contributed by atoms with Crippen LogP contribution in [0, 0.1) is 5.41 Å². The molecule has 4 aliphatic rings. The van der Waals surface area contributed by atoms with Crippen LogP contribution >= 0.6 is 0 Å². The summed E-state index contributed by atoms with van der Waals surface area (Å²) in [6, 6.07) is 6.44. The van der Waals surface area contributed by atoms with Crippen molar-refractivity contribution >= 4 is 17.8 Å². The summed E-state index contributed by atoms with van der Waals surface area (Å²) in [5, 5.41) is 0.588. The Bertz CT molecular complexity index is 621. The van der Waals surface area contributed by atoms with Gasteiger partial charge in [0.15, 0.2) is 0 Å². The summed E-state index contributed by atoms with van der Waals surface area (Å²) in [4.78, 5) is 41.8. The van der Waals surface area contributed by atoms with Gasteiger partial charge in [-0.1, -0.05) is 17.2 Å². The van der Waals surface area contributed by atoms with Crippen molar-refractivity contribution in [3.63, 3.8) is 0 Å². The number of carbonyl (C=O) groups excluding carboxylic acids is 3. The molecule has 108 valence electrons. The molecular formula is C15H13NO5. The number of rotatable bonds is 2. The summed E-state index contributed by atoms with van der Waals surface area (Å²) in [5.41, 5.74) is -0.0457. The lowest BCUT2D eigenvalue weighted by Gasteiger charge is -2.49. The highest BCUT2D eigenvalue weighted by atomic mass is 16.7. The molecule has 21 heavy (non-hydrogen) atoms. The van der Waals surface area contributed by atoms with E-state index in [1.54, 1.807) is 24.3 Å². The lowest BCUT2D eigenvalue weighted by atomic mass is 9.63. The average molecular weight is 287 g/mol. The highest BCUT2D eigenvalue weighted by Gasteiger charge is 2.56. The zero-order valence-electron chi connectivity index (χ0n) is 11.2. The van der Waals surface area contributed by atoms with Crippen LogP contribution in [0.3, 0.4) is 0 Å². The van der Waals surface area contributed by atoms with Gasteiger partial charge in [-0.2, -0.15) is 0 Å². The molecule has 0 spiro atoms. The Labute approximate surface area is 120 Å². The fourth-order valence-electron chi connectivity index (χ4n) is 3.25. The van der Waals surface area contributed by atoms with Gasteiger partial charge in [0.2, 0.25) is 0 Å². The normalized spacial score (nSPS) is 29.9. The molecule has 2 bridgehead atoms. The maximum absolute atomic E-state index is 12.3. The molecular weight excluding hydrogens is 274 g/mol. The van der Waals surface area contributed by atoms with Crippen molar-refractivity contribution in [2.75, 3.05) is 6.61 Å². The minimum absolute atomic E-state index is 0.105. The zero-order valence-corrected chi connectivity index (χ0v) is 11.2. The molecule has 1 saturated carbocycles. The number of nitrogens with zero attached hydrogens (tertiary/aromatic N) is 1. The van der Waals surface area contributed by atoms with Gasteiger partial charge < -0.3 is 9.57 Å². The van der Waals surface area contributed by atoms with Crippen molar-refractivity contribution in [3.8, 4) is 0 Å². The molecule has 3 aliphatic heterocycles. The van der Waals surface area contributed by atoms with Gasteiger partial charge >= 0.3 is 5.97 Å². The SMILES string of the molecule is O=C1c2ccccc2C(=O)N1OC(=O)C12CCOC(C1)C2. The molecule has 0 atom stereocenters. The van der Waals surface area contributed by atoms with Crippen LogP contribution in [0.4, 0.5) is 0 Å². The second-order valence-electron chi connectivity index (χ2n) is 5.76. The fourth-order valence-corrected chi connectivity index (χ4v) is 3.25. The first kappa shape index (κ1) is 12.5. The monoisotopic (exact) mass is 287 g/mol. The highest BCUT2D eigenvalue weighted by molar-refractivity contribution is 6.20. The summed E-state index contributed by atoms with van der Waals surface area (Å²) < 4.78 is 5.43. The van der Waals surface area contributed by atoms with Crippen LogP contribution in [0.15, 0.2) is 24.3 Å². The van der Waals surface area contributed by atoms with E-state index in [-0.39, 0.29) is 17.2 Å². The maximum Gasteiger partial charge on any atom is 0.339 e. The number of benzene rings is 1. The Kier molecular flexibility index (Phi) is 2.47. The van der Waals surface area contributed by atoms with Crippen LogP contribution < -0.4 is 0 Å². The van der Waals surface area contributed by atoms with Crippen molar-refractivity contribution < 1.29 is 24.0 Å². The van der Waals surface area contributed by atoms with Gasteiger partial charge in [-0.25, -0.2) is 4.79 Å². The predicted octanol–water partition coefficient (Wildman–Crippen LogP) is 1.31. The highest BCUT2D eigenvalue weighted by Crippen LogP contribution is 2.50. The van der Waals surface area contributed by atoms with Gasteiger partial charge in [0, 0.05) is 6.61 Å². The largest absolute Gasteiger partial charge is 0.378 e. The fraction of sp³-hybridized carbons (Fsp3) is 0.400. The maximum atomic E-state index is 12.3. The average Bonchev–Trinajstić information content (AvgIpc) is 2.72. The van der Waals surface area contributed by atoms with Gasteiger partial charge in [0.1, 0.15) is 0 Å². The summed E-state index contributed by atoms with van der Waals surface area (Å²) in [7, 11) is 0. The van der Waals surface area contributed by atoms with E-state index >= 15 is 0 Å². The molecule has 5 rings (SSSR count). The summed E-state index contributed by atoms with van der Waals surface area (Å²) in [5.74, 6) is -1.66. The van der Waals surface area contributed by atoms with Gasteiger partial charge in [-0.3, -0.25) is 9.59 Å². The van der Waals surface area contributed by atoms with E-state index in [0.717, 1.165) is 0 Å². The van der Waals surface area contributed by atoms with E-state index in [4.69, 9.17) is 9.57 Å². The van der Waals surface area contributed by atoms with Crippen LogP contribution in [0.25, 0.3) is 0 Å². The van der Waals surface area contributed by atoms with E-state index in [9.17, 15) is 14.4 Å². The van der Waals surface area contributed by atoms with Gasteiger partial charge in [0.05, 0.1) is 22.6 Å². The van der Waals surface area contributed by atoms with E-state index in [1.807, 2.05) is 0 Å². The number of carbonyl (C=O) groups is 3. The molecule has 1 aromatic carbocycles. The Balaban J connectivity index is 1.55. The van der Waals surface area contributed by atoms with E-state index in [2.05, 4.69) is 0 Å². The first-order valence-electron chi connectivity index (χ1n) is 6.93. The molecule has 0 unspecified atom stereocenters. The van der Waals surface area contributed by atoms with E-state index in [1.165, 1.54) is 0 Å². The van der Waals surface area contributed by atoms with Crippen LogP contribution in [0.2, 0.25) is 0 Å². The number of ether oxygens (including phenoxy) is 1. The van der Waals surface area contributed by atoms with E-state index in [0.29, 0.717) is 30.9 Å². The van der Waals surface area contributed by atoms with E-state index < -0.39 is 23.2 Å². The number of amides is 2. The van der Waals surface area contributed by atoms with Gasteiger partial charge in [0.25, 0.3) is 11.8 Å². The second kappa shape index (κ2) is 4.14. The second-order valence-corrected chi connectivity index (χ2v) is 5.76. The van der Waals surface area contributed by atoms with Crippen LogP contribution in [-0.2, 0) is 14.4 Å². The third-order valence-electron chi connectivity index (χ3n) is 4.53. The number of hydrogen-bond donors (Lipinski definition) is 0. The Morgan fingerprint density at radius 1 is 1.19 bits per heavy atom. The Morgan fingerprint density at radius 2 is 1.81 bits per heavy atom. The first-order valence-corrected chi connectivity index (χ1v) is 6.93. The Hall–Kier alpha value is -2.21. The summed E-state index contributed by atoms with van der Waals surface area (Å²) >= 11 is 0. The minimum atomic E-state index is -0.585. The molecule has 6 heteroatoms. The smallest absolute Gasteiger partial charge is 0.339 e. The molecule has 3 heterocycles. The molecule has 0 N–H and O–H groups in total. The standard InChI is InChI=1S/C15H13NO5/c17-12-10-3-1-2-4-11(10)13(18)16(12)21-14(19)15-5-6-20-9(7-15)8-15/h1-4,9H,5-8H2. The quantitative estimate of drug-likeness (QED) is 0.767. The first-order chi connectivity index (χ1) is 10.1. The molecule has 2 saturated heterocycles. The van der Waals surface area contributed by atoms with Crippen molar-refractivity contribution in [2.24, 2.45) is 5.41 Å². The minimum Gasteiger partial charge on any atom is -0.378 e. The number of imide groups is 1. The third kappa shape index (κ3) is 1.65. The Morgan fingerprint density at radius 3 is 2.33 bits per heavy atom. The van der Waals surface area contributed by atoms with Gasteiger partial charge in [-0.05, 0) is 31.4 Å². The number of hydrogen-bond acceptors (Lipinski definition) is 5. The van der Waals surface area contributed by atoms with Gasteiger partial charge in [-0.15, -0.1) is 0 Å². The molecule has 0 aromatic heterocycles. The number of hydroxylamine groups is 2.